The third-order valence-electron chi connectivity index (χ3n) is 6.89. The van der Waals surface area contributed by atoms with Crippen molar-refractivity contribution in [1.82, 2.24) is 25.9 Å². The molecule has 3 N–H and O–H groups in total. The summed E-state index contributed by atoms with van der Waals surface area (Å²) in [5, 5.41) is 8.38. The molecule has 0 fully saturated rings. The number of unbranched alkanes of at least 4 members (excludes halogenated alkanes) is 2. The molecule has 2 rings (SSSR count). The normalized spacial score (nSPS) is 12.0. The van der Waals surface area contributed by atoms with Crippen LogP contribution in [0.4, 0.5) is 0 Å². The van der Waals surface area contributed by atoms with Crippen molar-refractivity contribution in [2.24, 2.45) is 0 Å². The lowest BCUT2D eigenvalue weighted by Gasteiger charge is -2.25. The Morgan fingerprint density at radius 1 is 0.712 bits per heavy atom. The summed E-state index contributed by atoms with van der Waals surface area (Å²) in [6, 6.07) is 4.92. The fourth-order valence-corrected chi connectivity index (χ4v) is 7.11. The minimum Gasteiger partial charge on any atom is -0.344 e. The number of amides is 3. The highest BCUT2D eigenvalue weighted by molar-refractivity contribution is 9.25. The molecule has 0 bridgehead atoms. The van der Waals surface area contributed by atoms with E-state index >= 15 is 0 Å². The van der Waals surface area contributed by atoms with Gasteiger partial charge in [0, 0.05) is 30.7 Å². The molecule has 0 aliphatic heterocycles. The fraction of sp³-hybridized carbons (Fsp3) is 0.529. The predicted octanol–water partition coefficient (Wildman–Crippen LogP) is 8.50. The zero-order valence-electron chi connectivity index (χ0n) is 30.0. The summed E-state index contributed by atoms with van der Waals surface area (Å²) >= 11 is 26.9. The molecule has 18 heteroatoms. The first-order valence-corrected chi connectivity index (χ1v) is 21.1. The molecule has 2 aromatic rings. The van der Waals surface area contributed by atoms with E-state index in [1.165, 1.54) is 24.7 Å². The van der Waals surface area contributed by atoms with Gasteiger partial charge in [-0.25, -0.2) is 0 Å². The van der Waals surface area contributed by atoms with Crippen LogP contribution in [0, 0.1) is 6.92 Å². The highest BCUT2D eigenvalue weighted by Gasteiger charge is 2.35. The average molecular weight is 1090 g/mol. The van der Waals surface area contributed by atoms with Gasteiger partial charge in [-0.2, -0.15) is 0 Å². The Kier molecular flexibility index (Phi) is 23.0. The van der Waals surface area contributed by atoms with E-state index in [1.807, 2.05) is 6.92 Å². The maximum absolute atomic E-state index is 12.0. The summed E-state index contributed by atoms with van der Waals surface area (Å²) in [6.45, 7) is 13.8. The van der Waals surface area contributed by atoms with Crippen molar-refractivity contribution in [3.05, 3.63) is 58.6 Å². The first-order chi connectivity index (χ1) is 23.8. The molecule has 0 aromatic carbocycles. The van der Waals surface area contributed by atoms with E-state index in [2.05, 4.69) is 112 Å². The van der Waals surface area contributed by atoms with Crippen molar-refractivity contribution < 1.29 is 28.8 Å². The molecule has 0 radical (unpaired) electrons. The van der Waals surface area contributed by atoms with Gasteiger partial charge in [-0.3, -0.25) is 38.7 Å². The lowest BCUT2D eigenvalue weighted by Crippen LogP contribution is -2.51. The van der Waals surface area contributed by atoms with E-state index in [9.17, 15) is 28.8 Å². The number of aromatic nitrogens is 2. The molecule has 0 saturated heterocycles. The van der Waals surface area contributed by atoms with Gasteiger partial charge in [0.25, 0.3) is 11.8 Å². The Morgan fingerprint density at radius 2 is 1.19 bits per heavy atom. The van der Waals surface area contributed by atoms with Gasteiger partial charge < -0.3 is 16.0 Å². The van der Waals surface area contributed by atoms with Gasteiger partial charge in [-0.05, 0) is 73.1 Å². The number of nitrogens with one attached hydrogen (secondary N) is 3. The second-order valence-electron chi connectivity index (χ2n) is 12.9. The number of aryl methyl sites for hydroxylation is 1. The highest BCUT2D eigenvalue weighted by Crippen LogP contribution is 2.20. The molecule has 52 heavy (non-hydrogen) atoms. The summed E-state index contributed by atoms with van der Waals surface area (Å²) in [7, 11) is 0. The van der Waals surface area contributed by atoms with E-state index in [4.69, 9.17) is 23.2 Å². The lowest BCUT2D eigenvalue weighted by atomic mass is 10.00. The summed E-state index contributed by atoms with van der Waals surface area (Å²) < 4.78 is -1.77. The zero-order chi connectivity index (χ0) is 40.6. The summed E-state index contributed by atoms with van der Waals surface area (Å²) in [5.74, 6) is -1.40. The van der Waals surface area contributed by atoms with Gasteiger partial charge in [0.1, 0.15) is 11.8 Å². The largest absolute Gasteiger partial charge is 0.344 e. The molecule has 0 saturated carbocycles. The zero-order valence-corrected chi connectivity index (χ0v) is 39.5. The molecular weight excluding hydrogens is 1040 g/mol. The van der Waals surface area contributed by atoms with E-state index in [0.29, 0.717) is 22.6 Å². The molecule has 1 unspecified atom stereocenters. The third-order valence-corrected chi connectivity index (χ3v) is 9.38. The van der Waals surface area contributed by atoms with Crippen LogP contribution >= 0.6 is 103 Å². The Balaban J connectivity index is 0.000000752. The van der Waals surface area contributed by atoms with Gasteiger partial charge in [0.2, 0.25) is 5.91 Å². The van der Waals surface area contributed by atoms with Crippen LogP contribution in [0.3, 0.4) is 0 Å². The highest BCUT2D eigenvalue weighted by atomic mass is 79.9. The van der Waals surface area contributed by atoms with Crippen LogP contribution in [-0.4, -0.2) is 73.4 Å². The maximum Gasteiger partial charge on any atom is 0.253 e. The van der Waals surface area contributed by atoms with Gasteiger partial charge in [0.05, 0.1) is 32.8 Å². The van der Waals surface area contributed by atoms with Gasteiger partial charge >= 0.3 is 0 Å². The quantitative estimate of drug-likeness (QED) is 0.118. The number of hydrogen-bond donors (Lipinski definition) is 3. The van der Waals surface area contributed by atoms with Crippen LogP contribution in [0.2, 0.25) is 5.02 Å². The van der Waals surface area contributed by atoms with Crippen LogP contribution < -0.4 is 16.0 Å². The fourth-order valence-electron chi connectivity index (χ4n) is 3.80. The molecule has 0 spiro atoms. The standard InChI is InChI=1S/C12H14Br2N2O2.C11H11Br2ClN2O2.C11H19BrClNO2/c1-7-4-5-8(6-15-7)11(18)16-12(2,3)9(17)10(13)14;1-11(2,8(17)9(12)13)16-10(18)6-3-7(14)5-15-4-6;1-4-5-6-7-8(15)14-11(2,3)9(16)10(12)13/h4-6,10H,1-3H3,(H,16,18);3-5,9H,1-2H3,(H,16,18);10H,4-7H2,1-3H3,(H,14,15). The van der Waals surface area contributed by atoms with Crippen molar-refractivity contribution in [3.8, 4) is 0 Å². The molecule has 3 amide bonds. The van der Waals surface area contributed by atoms with E-state index in [-0.39, 0.29) is 29.2 Å². The second-order valence-corrected chi connectivity index (χ2v) is 21.3. The molecule has 0 aliphatic carbocycles. The molecular formula is C34H44Br5Cl2N5O6. The first kappa shape index (κ1) is 50.7. The summed E-state index contributed by atoms with van der Waals surface area (Å²) in [4.78, 5) is 78.7. The van der Waals surface area contributed by atoms with Crippen LogP contribution in [0.25, 0.3) is 0 Å². The topological polar surface area (TPSA) is 164 Å². The molecule has 0 aliphatic rings. The van der Waals surface area contributed by atoms with Crippen molar-refractivity contribution in [1.29, 1.82) is 0 Å². The summed E-state index contributed by atoms with van der Waals surface area (Å²) in [6.07, 6.45) is 7.72. The number of carbonyl (C=O) groups is 6. The molecule has 1 atom stereocenters. The van der Waals surface area contributed by atoms with Crippen LogP contribution in [-0.2, 0) is 19.2 Å². The number of Topliss-reactive ketones (excluding diaryl/α,β-unsaturated/α-hetero) is 3. The number of alkyl halides is 6. The molecule has 2 heterocycles. The van der Waals surface area contributed by atoms with Crippen molar-refractivity contribution in [2.75, 3.05) is 0 Å². The molecule has 11 nitrogen and oxygen atoms in total. The van der Waals surface area contributed by atoms with Crippen molar-refractivity contribution >= 4 is 138 Å². The Bertz CT molecular complexity index is 1540. The molecule has 290 valence electrons. The Morgan fingerprint density at radius 3 is 1.60 bits per heavy atom. The first-order valence-electron chi connectivity index (χ1n) is 15.8. The minimum atomic E-state index is -1.00. The summed E-state index contributed by atoms with van der Waals surface area (Å²) in [5.41, 5.74) is -1.30. The van der Waals surface area contributed by atoms with E-state index in [1.54, 1.807) is 53.7 Å². The average Bonchev–Trinajstić information content (AvgIpc) is 3.03. The SMILES string of the molecule is CC(C)(NC(=O)c1cncc(Cl)c1)C(=O)C(Br)Br.CCCCCC(=O)NC(C)(C)C(=O)C(Cl)Br.Cc1ccc(C(=O)NC(C)(C)C(=O)C(Br)Br)cn1. The van der Waals surface area contributed by atoms with Crippen molar-refractivity contribution in [2.45, 2.75) is 109 Å². The number of hydrogen-bond acceptors (Lipinski definition) is 8. The smallest absolute Gasteiger partial charge is 0.253 e. The predicted molar refractivity (Wildman–Crippen MR) is 225 cm³/mol. The van der Waals surface area contributed by atoms with Gasteiger partial charge in [-0.15, -0.1) is 11.6 Å². The number of carbonyl (C=O) groups excluding carboxylic acids is 6. The van der Waals surface area contributed by atoms with Crippen LogP contribution in [0.15, 0.2) is 36.8 Å². The van der Waals surface area contributed by atoms with E-state index < -0.39 is 34.3 Å². The minimum absolute atomic E-state index is 0.100. The maximum atomic E-state index is 12.0. The van der Waals surface area contributed by atoms with E-state index in [0.717, 1.165) is 25.0 Å². The monoisotopic (exact) mass is 1080 g/mol. The Hall–Kier alpha value is -1.30. The number of ketones is 3. The molecule has 2 aromatic heterocycles. The lowest BCUT2D eigenvalue weighted by molar-refractivity contribution is -0.129. The van der Waals surface area contributed by atoms with Crippen LogP contribution in [0.5, 0.6) is 0 Å². The van der Waals surface area contributed by atoms with Crippen molar-refractivity contribution in [3.63, 3.8) is 0 Å². The number of pyridine rings is 2. The third kappa shape index (κ3) is 18.8. The van der Waals surface area contributed by atoms with Gasteiger partial charge in [-0.1, -0.05) is 111 Å². The number of nitrogens with zero attached hydrogens (tertiary/aromatic N) is 2. The van der Waals surface area contributed by atoms with Gasteiger partial charge in [0.15, 0.2) is 17.3 Å². The Labute approximate surface area is 357 Å². The number of halogens is 7. The number of rotatable bonds is 15. The second kappa shape index (κ2) is 23.6. The van der Waals surface area contributed by atoms with Crippen LogP contribution in [0.1, 0.15) is 101 Å².